The van der Waals surface area contributed by atoms with Crippen molar-refractivity contribution in [3.63, 3.8) is 0 Å². The Labute approximate surface area is 142 Å². The molecule has 3 heteroatoms. The average Bonchev–Trinajstić information content (AvgIpc) is 2.62. The monoisotopic (exact) mass is 316 g/mol. The number of para-hydroxylation sites is 1. The molecule has 3 nitrogen and oxygen atoms in total. The largest absolute Gasteiger partial charge is 0.309 e. The normalized spacial score (nSPS) is 10.4. The lowest BCUT2D eigenvalue weighted by molar-refractivity contribution is 0.889. The van der Waals surface area contributed by atoms with E-state index in [1.165, 1.54) is 0 Å². The number of pyridine rings is 1. The topological polar surface area (TPSA) is 34.0 Å². The van der Waals surface area contributed by atoms with E-state index in [1.807, 2.05) is 55.6 Å². The molecule has 3 rings (SSSR count). The highest BCUT2D eigenvalue weighted by atomic mass is 16.1. The molecule has 2 aromatic carbocycles. The van der Waals surface area contributed by atoms with Gasteiger partial charge in [0.1, 0.15) is 0 Å². The van der Waals surface area contributed by atoms with E-state index in [0.29, 0.717) is 11.9 Å². The minimum Gasteiger partial charge on any atom is -0.309 e. The number of aromatic nitrogens is 1. The zero-order valence-electron chi connectivity index (χ0n) is 14.0. The van der Waals surface area contributed by atoms with Gasteiger partial charge in [0.25, 0.3) is 5.56 Å². The van der Waals surface area contributed by atoms with E-state index in [0.717, 1.165) is 28.8 Å². The Morgan fingerprint density at radius 3 is 2.58 bits per heavy atom. The van der Waals surface area contributed by atoms with Gasteiger partial charge in [0.2, 0.25) is 0 Å². The number of benzene rings is 2. The predicted octanol–water partition coefficient (Wildman–Crippen LogP) is 3.12. The quantitative estimate of drug-likeness (QED) is 0.753. The first-order valence-corrected chi connectivity index (χ1v) is 8.12. The molecule has 0 spiro atoms. The molecule has 0 saturated carbocycles. The molecule has 0 unspecified atom stereocenters. The summed E-state index contributed by atoms with van der Waals surface area (Å²) in [5, 5.41) is 4.63. The highest BCUT2D eigenvalue weighted by molar-refractivity contribution is 5.88. The SMILES string of the molecule is CCc1cc2cccc(C#CCNC)c2c(=O)n1-c1ccccc1. The Morgan fingerprint density at radius 2 is 1.88 bits per heavy atom. The second kappa shape index (κ2) is 7.16. The van der Waals surface area contributed by atoms with Crippen LogP contribution in [0.15, 0.2) is 59.4 Å². The van der Waals surface area contributed by atoms with Crippen molar-refractivity contribution in [2.24, 2.45) is 0 Å². The molecule has 1 heterocycles. The van der Waals surface area contributed by atoms with Crippen LogP contribution in [-0.2, 0) is 6.42 Å². The standard InChI is InChI=1S/C21H20N2O/c1-3-18-15-17-10-7-9-16(11-8-14-22-2)20(17)21(24)23(18)19-12-5-4-6-13-19/h4-7,9-10,12-13,15,22H,3,14H2,1-2H3. The van der Waals surface area contributed by atoms with Crippen molar-refractivity contribution < 1.29 is 0 Å². The summed E-state index contributed by atoms with van der Waals surface area (Å²) in [4.78, 5) is 13.2. The third kappa shape index (κ3) is 2.97. The number of nitrogens with zero attached hydrogens (tertiary/aromatic N) is 1. The molecule has 0 saturated heterocycles. The fraction of sp³-hybridized carbons (Fsp3) is 0.190. The highest BCUT2D eigenvalue weighted by Gasteiger charge is 2.12. The molecule has 0 atom stereocenters. The van der Waals surface area contributed by atoms with Crippen LogP contribution in [-0.4, -0.2) is 18.2 Å². The Balaban J connectivity index is 2.33. The fourth-order valence-electron chi connectivity index (χ4n) is 2.87. The van der Waals surface area contributed by atoms with Crippen LogP contribution < -0.4 is 10.9 Å². The smallest absolute Gasteiger partial charge is 0.264 e. The van der Waals surface area contributed by atoms with Gasteiger partial charge in [0, 0.05) is 16.9 Å². The first-order chi connectivity index (χ1) is 11.8. The van der Waals surface area contributed by atoms with E-state index in [2.05, 4.69) is 30.1 Å². The van der Waals surface area contributed by atoms with Crippen molar-refractivity contribution in [3.8, 4) is 17.5 Å². The number of fused-ring (bicyclic) bond motifs is 1. The van der Waals surface area contributed by atoms with Crippen molar-refractivity contribution in [1.29, 1.82) is 0 Å². The lowest BCUT2D eigenvalue weighted by atomic mass is 10.0. The van der Waals surface area contributed by atoms with E-state index < -0.39 is 0 Å². The van der Waals surface area contributed by atoms with Crippen LogP contribution in [0.25, 0.3) is 16.5 Å². The molecule has 0 radical (unpaired) electrons. The van der Waals surface area contributed by atoms with Gasteiger partial charge in [-0.1, -0.05) is 49.1 Å². The first-order valence-electron chi connectivity index (χ1n) is 8.12. The summed E-state index contributed by atoms with van der Waals surface area (Å²) in [6.07, 6.45) is 0.787. The predicted molar refractivity (Wildman–Crippen MR) is 99.7 cm³/mol. The second-order valence-electron chi connectivity index (χ2n) is 5.57. The molecule has 3 aromatic rings. The average molecular weight is 316 g/mol. The fourth-order valence-corrected chi connectivity index (χ4v) is 2.87. The van der Waals surface area contributed by atoms with E-state index in [9.17, 15) is 4.79 Å². The molecule has 0 aliphatic carbocycles. The summed E-state index contributed by atoms with van der Waals surface area (Å²) in [6.45, 7) is 2.66. The highest BCUT2D eigenvalue weighted by Crippen LogP contribution is 2.19. The molecule has 0 amide bonds. The van der Waals surface area contributed by atoms with Crippen LogP contribution in [0.4, 0.5) is 0 Å². The first kappa shape index (κ1) is 16.0. The van der Waals surface area contributed by atoms with Crippen molar-refractivity contribution in [1.82, 2.24) is 9.88 Å². The molecule has 1 aromatic heterocycles. The van der Waals surface area contributed by atoms with E-state index in [1.54, 1.807) is 4.57 Å². The minimum atomic E-state index is -0.00934. The number of hydrogen-bond donors (Lipinski definition) is 1. The summed E-state index contributed by atoms with van der Waals surface area (Å²) in [6, 6.07) is 17.7. The van der Waals surface area contributed by atoms with Gasteiger partial charge in [-0.15, -0.1) is 0 Å². The van der Waals surface area contributed by atoms with Crippen LogP contribution in [0.3, 0.4) is 0 Å². The van der Waals surface area contributed by atoms with Gasteiger partial charge in [-0.05, 0) is 43.1 Å². The molecule has 120 valence electrons. The molecule has 0 aliphatic rings. The van der Waals surface area contributed by atoms with E-state index in [4.69, 9.17) is 0 Å². The molecule has 1 N–H and O–H groups in total. The van der Waals surface area contributed by atoms with Gasteiger partial charge < -0.3 is 5.32 Å². The Morgan fingerprint density at radius 1 is 1.08 bits per heavy atom. The number of rotatable bonds is 3. The van der Waals surface area contributed by atoms with Gasteiger partial charge in [0.05, 0.1) is 11.9 Å². The van der Waals surface area contributed by atoms with E-state index >= 15 is 0 Å². The maximum absolute atomic E-state index is 13.2. The minimum absolute atomic E-state index is 0.00934. The zero-order chi connectivity index (χ0) is 16.9. The van der Waals surface area contributed by atoms with Crippen molar-refractivity contribution in [3.05, 3.63) is 76.2 Å². The second-order valence-corrected chi connectivity index (χ2v) is 5.57. The lowest BCUT2D eigenvalue weighted by Gasteiger charge is -2.14. The van der Waals surface area contributed by atoms with E-state index in [-0.39, 0.29) is 5.56 Å². The number of hydrogen-bond acceptors (Lipinski definition) is 2. The molecule has 0 fully saturated rings. The summed E-state index contributed by atoms with van der Waals surface area (Å²) >= 11 is 0. The summed E-state index contributed by atoms with van der Waals surface area (Å²) in [5.41, 5.74) is 2.66. The summed E-state index contributed by atoms with van der Waals surface area (Å²) < 4.78 is 1.80. The number of aryl methyl sites for hydroxylation is 1. The lowest BCUT2D eigenvalue weighted by Crippen LogP contribution is -2.22. The molecule has 24 heavy (non-hydrogen) atoms. The van der Waals surface area contributed by atoms with Crippen LogP contribution >= 0.6 is 0 Å². The van der Waals surface area contributed by atoms with Crippen LogP contribution in [0.2, 0.25) is 0 Å². The molecular formula is C21H20N2O. The third-order valence-electron chi connectivity index (χ3n) is 3.99. The van der Waals surface area contributed by atoms with Crippen LogP contribution in [0, 0.1) is 11.8 Å². The van der Waals surface area contributed by atoms with Crippen molar-refractivity contribution in [2.75, 3.05) is 13.6 Å². The van der Waals surface area contributed by atoms with Crippen molar-refractivity contribution in [2.45, 2.75) is 13.3 Å². The van der Waals surface area contributed by atoms with Crippen molar-refractivity contribution >= 4 is 10.8 Å². The zero-order valence-corrected chi connectivity index (χ0v) is 14.0. The Bertz CT molecular complexity index is 976. The maximum Gasteiger partial charge on any atom is 0.264 e. The molecular weight excluding hydrogens is 296 g/mol. The summed E-state index contributed by atoms with van der Waals surface area (Å²) in [5.74, 6) is 6.17. The number of nitrogens with one attached hydrogen (secondary N) is 1. The van der Waals surface area contributed by atoms with Gasteiger partial charge in [-0.3, -0.25) is 9.36 Å². The van der Waals surface area contributed by atoms with Crippen LogP contribution in [0.1, 0.15) is 18.2 Å². The third-order valence-corrected chi connectivity index (χ3v) is 3.99. The molecule has 0 bridgehead atoms. The van der Waals surface area contributed by atoms with Crippen LogP contribution in [0.5, 0.6) is 0 Å². The Hall–Kier alpha value is -2.83. The maximum atomic E-state index is 13.2. The summed E-state index contributed by atoms with van der Waals surface area (Å²) in [7, 11) is 1.85. The molecule has 0 aliphatic heterocycles. The Kier molecular flexibility index (Phi) is 4.79. The van der Waals surface area contributed by atoms with Gasteiger partial charge in [-0.2, -0.15) is 0 Å². The van der Waals surface area contributed by atoms with Gasteiger partial charge in [-0.25, -0.2) is 0 Å². The van der Waals surface area contributed by atoms with Gasteiger partial charge >= 0.3 is 0 Å². The van der Waals surface area contributed by atoms with Gasteiger partial charge in [0.15, 0.2) is 0 Å².